The molecule has 0 saturated heterocycles. The Morgan fingerprint density at radius 1 is 1.42 bits per heavy atom. The molecule has 0 spiro atoms. The van der Waals surface area contributed by atoms with Crippen LogP contribution in [0.2, 0.25) is 0 Å². The molecule has 9 nitrogen and oxygen atoms in total. The van der Waals surface area contributed by atoms with Crippen LogP contribution in [0.4, 0.5) is 0 Å². The van der Waals surface area contributed by atoms with Gasteiger partial charge in [0.2, 0.25) is 10.0 Å². The highest BCUT2D eigenvalue weighted by molar-refractivity contribution is 7.89. The number of aromatic amines is 2. The SMILES string of the molecule is Cc1[nH]nc(CO)c1S(=O)(=O)NCCc1ncn[nH]1. The zero-order valence-electron chi connectivity index (χ0n) is 10.2. The Kier molecular flexibility index (Phi) is 3.93. The molecule has 2 aromatic heterocycles. The van der Waals surface area contributed by atoms with Crippen molar-refractivity contribution in [3.05, 3.63) is 23.5 Å². The Labute approximate surface area is 109 Å². The van der Waals surface area contributed by atoms with Crippen LogP contribution < -0.4 is 4.72 Å². The van der Waals surface area contributed by atoms with Gasteiger partial charge in [-0.2, -0.15) is 10.2 Å². The summed E-state index contributed by atoms with van der Waals surface area (Å²) in [5.41, 5.74) is 0.487. The first kappa shape index (κ1) is 13.6. The van der Waals surface area contributed by atoms with E-state index in [0.29, 0.717) is 17.9 Å². The van der Waals surface area contributed by atoms with E-state index in [4.69, 9.17) is 5.11 Å². The van der Waals surface area contributed by atoms with Crippen molar-refractivity contribution in [3.63, 3.8) is 0 Å². The van der Waals surface area contributed by atoms with Crippen molar-refractivity contribution in [3.8, 4) is 0 Å². The lowest BCUT2D eigenvalue weighted by Gasteiger charge is -2.06. The smallest absolute Gasteiger partial charge is 0.244 e. The van der Waals surface area contributed by atoms with E-state index in [1.807, 2.05) is 0 Å². The summed E-state index contributed by atoms with van der Waals surface area (Å²) in [6, 6.07) is 0. The maximum Gasteiger partial charge on any atom is 0.244 e. The highest BCUT2D eigenvalue weighted by atomic mass is 32.2. The van der Waals surface area contributed by atoms with E-state index in [1.54, 1.807) is 6.92 Å². The van der Waals surface area contributed by atoms with Gasteiger partial charge in [0, 0.05) is 13.0 Å². The molecule has 4 N–H and O–H groups in total. The van der Waals surface area contributed by atoms with E-state index in [9.17, 15) is 8.42 Å². The lowest BCUT2D eigenvalue weighted by molar-refractivity contribution is 0.273. The molecule has 2 aromatic rings. The van der Waals surface area contributed by atoms with E-state index in [2.05, 4.69) is 30.1 Å². The summed E-state index contributed by atoms with van der Waals surface area (Å²) >= 11 is 0. The Hall–Kier alpha value is -1.78. The van der Waals surface area contributed by atoms with Crippen LogP contribution in [-0.2, 0) is 23.1 Å². The second kappa shape index (κ2) is 5.47. The highest BCUT2D eigenvalue weighted by Crippen LogP contribution is 2.17. The molecule has 0 radical (unpaired) electrons. The predicted octanol–water partition coefficient (Wildman–Crippen LogP) is -1.15. The fourth-order valence-corrected chi connectivity index (χ4v) is 3.04. The summed E-state index contributed by atoms with van der Waals surface area (Å²) in [6.07, 6.45) is 1.75. The third-order valence-corrected chi connectivity index (χ3v) is 4.16. The Balaban J connectivity index is 2.07. The first-order valence-corrected chi connectivity index (χ1v) is 7.01. The number of nitrogens with zero attached hydrogens (tertiary/aromatic N) is 3. The van der Waals surface area contributed by atoms with Gasteiger partial charge in [-0.15, -0.1) is 0 Å². The molecule has 19 heavy (non-hydrogen) atoms. The van der Waals surface area contributed by atoms with Crippen LogP contribution in [0.5, 0.6) is 0 Å². The van der Waals surface area contributed by atoms with Crippen molar-refractivity contribution in [2.45, 2.75) is 24.8 Å². The summed E-state index contributed by atoms with van der Waals surface area (Å²) in [6.45, 7) is 1.31. The first-order chi connectivity index (χ1) is 9.04. The third kappa shape index (κ3) is 2.97. The minimum Gasteiger partial charge on any atom is -0.390 e. The Morgan fingerprint density at radius 3 is 2.84 bits per heavy atom. The highest BCUT2D eigenvalue weighted by Gasteiger charge is 2.23. The van der Waals surface area contributed by atoms with Gasteiger partial charge in [0.25, 0.3) is 0 Å². The largest absolute Gasteiger partial charge is 0.390 e. The molecule has 10 heteroatoms. The van der Waals surface area contributed by atoms with Crippen LogP contribution >= 0.6 is 0 Å². The fraction of sp³-hybridized carbons (Fsp3) is 0.444. The molecule has 2 heterocycles. The summed E-state index contributed by atoms with van der Waals surface area (Å²) in [5, 5.41) is 21.7. The summed E-state index contributed by atoms with van der Waals surface area (Å²) in [7, 11) is -3.71. The van der Waals surface area contributed by atoms with Gasteiger partial charge in [-0.3, -0.25) is 10.2 Å². The zero-order valence-corrected chi connectivity index (χ0v) is 11.0. The average Bonchev–Trinajstić information content (AvgIpc) is 2.98. The molecule has 0 fully saturated rings. The summed E-state index contributed by atoms with van der Waals surface area (Å²) in [5.74, 6) is 0.592. The van der Waals surface area contributed by atoms with Crippen molar-refractivity contribution in [1.29, 1.82) is 0 Å². The van der Waals surface area contributed by atoms with Gasteiger partial charge in [-0.05, 0) is 6.92 Å². The van der Waals surface area contributed by atoms with Crippen molar-refractivity contribution in [2.75, 3.05) is 6.54 Å². The van der Waals surface area contributed by atoms with E-state index in [-0.39, 0.29) is 17.1 Å². The molecule has 0 atom stereocenters. The monoisotopic (exact) mass is 286 g/mol. The minimum atomic E-state index is -3.71. The molecular weight excluding hydrogens is 272 g/mol. The number of sulfonamides is 1. The van der Waals surface area contributed by atoms with Gasteiger partial charge in [0.1, 0.15) is 22.7 Å². The molecule has 0 aliphatic heterocycles. The quantitative estimate of drug-likeness (QED) is 0.529. The van der Waals surface area contributed by atoms with Crippen LogP contribution in [0, 0.1) is 6.92 Å². The maximum atomic E-state index is 12.1. The normalized spacial score (nSPS) is 11.9. The van der Waals surface area contributed by atoms with Crippen LogP contribution in [0.25, 0.3) is 0 Å². The third-order valence-electron chi connectivity index (χ3n) is 2.50. The number of rotatable bonds is 6. The second-order valence-corrected chi connectivity index (χ2v) is 5.57. The van der Waals surface area contributed by atoms with E-state index in [0.717, 1.165) is 0 Å². The number of aryl methyl sites for hydroxylation is 1. The first-order valence-electron chi connectivity index (χ1n) is 5.53. The lowest BCUT2D eigenvalue weighted by Crippen LogP contribution is -2.27. The molecule has 2 rings (SSSR count). The molecule has 0 aliphatic carbocycles. The number of aliphatic hydroxyl groups is 1. The average molecular weight is 286 g/mol. The van der Waals surface area contributed by atoms with Crippen LogP contribution in [0.3, 0.4) is 0 Å². The number of hydrogen-bond acceptors (Lipinski definition) is 6. The van der Waals surface area contributed by atoms with E-state index >= 15 is 0 Å². The van der Waals surface area contributed by atoms with Crippen LogP contribution in [-0.4, -0.2) is 45.4 Å². The van der Waals surface area contributed by atoms with Crippen molar-refractivity contribution >= 4 is 10.0 Å². The molecule has 0 aliphatic rings. The van der Waals surface area contributed by atoms with Crippen LogP contribution in [0.1, 0.15) is 17.2 Å². The van der Waals surface area contributed by atoms with Gasteiger partial charge < -0.3 is 5.11 Å². The molecule has 104 valence electrons. The van der Waals surface area contributed by atoms with Gasteiger partial charge in [-0.25, -0.2) is 18.1 Å². The summed E-state index contributed by atoms with van der Waals surface area (Å²) < 4.78 is 26.6. The molecular formula is C9H14N6O3S. The number of H-pyrrole nitrogens is 2. The zero-order chi connectivity index (χ0) is 13.9. The van der Waals surface area contributed by atoms with Crippen molar-refractivity contribution < 1.29 is 13.5 Å². The number of aromatic nitrogens is 5. The number of nitrogens with one attached hydrogen (secondary N) is 3. The number of aliphatic hydroxyl groups excluding tert-OH is 1. The Bertz CT molecular complexity index is 633. The molecule has 0 aromatic carbocycles. The molecule has 0 amide bonds. The predicted molar refractivity (Wildman–Crippen MR) is 64.5 cm³/mol. The lowest BCUT2D eigenvalue weighted by atomic mass is 10.4. The topological polar surface area (TPSA) is 137 Å². The van der Waals surface area contributed by atoms with Gasteiger partial charge in [-0.1, -0.05) is 0 Å². The van der Waals surface area contributed by atoms with Crippen molar-refractivity contribution in [2.24, 2.45) is 0 Å². The number of hydrogen-bond donors (Lipinski definition) is 4. The van der Waals surface area contributed by atoms with E-state index in [1.165, 1.54) is 6.33 Å². The summed E-state index contributed by atoms with van der Waals surface area (Å²) in [4.78, 5) is 3.88. The second-order valence-electron chi connectivity index (χ2n) is 3.86. The van der Waals surface area contributed by atoms with Gasteiger partial charge >= 0.3 is 0 Å². The Morgan fingerprint density at radius 2 is 2.21 bits per heavy atom. The minimum absolute atomic E-state index is 0.00688. The molecule has 0 saturated carbocycles. The van der Waals surface area contributed by atoms with Gasteiger partial charge in [0.05, 0.1) is 12.3 Å². The molecule has 0 unspecified atom stereocenters. The fourth-order valence-electron chi connectivity index (χ4n) is 1.66. The maximum absolute atomic E-state index is 12.1. The standard InChI is InChI=1S/C9H14N6O3S/c1-6-9(7(4-16)14-13-6)19(17,18)12-3-2-8-10-5-11-15-8/h5,12,16H,2-4H2,1H3,(H,13,14)(H,10,11,15). The van der Waals surface area contributed by atoms with Gasteiger partial charge in [0.15, 0.2) is 0 Å². The van der Waals surface area contributed by atoms with E-state index < -0.39 is 16.6 Å². The van der Waals surface area contributed by atoms with Crippen LogP contribution in [0.15, 0.2) is 11.2 Å². The molecule has 0 bridgehead atoms. The van der Waals surface area contributed by atoms with Crippen molar-refractivity contribution in [1.82, 2.24) is 30.1 Å².